The lowest BCUT2D eigenvalue weighted by Gasteiger charge is -2.24. The lowest BCUT2D eigenvalue weighted by Crippen LogP contribution is -2.33. The van der Waals surface area contributed by atoms with Crippen LogP contribution in [-0.2, 0) is 18.3 Å². The molecule has 0 aliphatic carbocycles. The van der Waals surface area contributed by atoms with Gasteiger partial charge in [0.15, 0.2) is 0 Å². The zero-order valence-corrected chi connectivity index (χ0v) is 11.6. The third-order valence-corrected chi connectivity index (χ3v) is 3.64. The summed E-state index contributed by atoms with van der Waals surface area (Å²) in [5.41, 5.74) is 0.445. The van der Waals surface area contributed by atoms with Gasteiger partial charge in [-0.25, -0.2) is 4.68 Å². The highest BCUT2D eigenvalue weighted by atomic mass is 16.6. The standard InChI is InChI=1S/C12H18N4O4/c1-3-9-11(16(19)20)12(14(2)13-9)15-6-4-5-8(15)7-10(17)18/h8H,3-7H2,1-2H3,(H,17,18). The normalized spacial score (nSPS) is 18.5. The number of anilines is 1. The van der Waals surface area contributed by atoms with Gasteiger partial charge in [0, 0.05) is 19.6 Å². The fraction of sp³-hybridized carbons (Fsp3) is 0.667. The van der Waals surface area contributed by atoms with E-state index in [0.29, 0.717) is 24.5 Å². The van der Waals surface area contributed by atoms with Gasteiger partial charge in [-0.3, -0.25) is 14.9 Å². The van der Waals surface area contributed by atoms with E-state index in [-0.39, 0.29) is 18.2 Å². The molecule has 8 nitrogen and oxygen atoms in total. The van der Waals surface area contributed by atoms with Crippen molar-refractivity contribution in [1.29, 1.82) is 0 Å². The molecule has 1 aliphatic rings. The Hall–Kier alpha value is -2.12. The van der Waals surface area contributed by atoms with Gasteiger partial charge in [0.05, 0.1) is 11.3 Å². The van der Waals surface area contributed by atoms with Crippen molar-refractivity contribution in [3.8, 4) is 0 Å². The molecule has 0 amide bonds. The molecular weight excluding hydrogens is 264 g/mol. The molecule has 1 saturated heterocycles. The number of rotatable bonds is 5. The Bertz CT molecular complexity index is 540. The average Bonchev–Trinajstić information content (AvgIpc) is 2.91. The first-order chi connectivity index (χ1) is 9.45. The van der Waals surface area contributed by atoms with Crippen LogP contribution in [-0.4, -0.2) is 38.4 Å². The molecule has 1 N–H and O–H groups in total. The molecule has 1 fully saturated rings. The van der Waals surface area contributed by atoms with Gasteiger partial charge in [-0.2, -0.15) is 5.10 Å². The predicted octanol–water partition coefficient (Wildman–Crippen LogP) is 1.33. The first kappa shape index (κ1) is 14.3. The maximum Gasteiger partial charge on any atom is 0.334 e. The first-order valence-corrected chi connectivity index (χ1v) is 6.64. The fourth-order valence-corrected chi connectivity index (χ4v) is 2.83. The third kappa shape index (κ3) is 2.45. The van der Waals surface area contributed by atoms with E-state index in [2.05, 4.69) is 5.10 Å². The molecule has 2 heterocycles. The smallest absolute Gasteiger partial charge is 0.334 e. The maximum absolute atomic E-state index is 11.3. The van der Waals surface area contributed by atoms with Gasteiger partial charge in [0.2, 0.25) is 5.82 Å². The number of nitrogens with zero attached hydrogens (tertiary/aromatic N) is 4. The summed E-state index contributed by atoms with van der Waals surface area (Å²) >= 11 is 0. The van der Waals surface area contributed by atoms with Crippen LogP contribution in [0.2, 0.25) is 0 Å². The van der Waals surface area contributed by atoms with Crippen molar-refractivity contribution in [3.05, 3.63) is 15.8 Å². The number of carboxylic acid groups (broad SMARTS) is 1. The van der Waals surface area contributed by atoms with E-state index < -0.39 is 10.9 Å². The van der Waals surface area contributed by atoms with Crippen molar-refractivity contribution < 1.29 is 14.8 Å². The Balaban J connectivity index is 2.43. The van der Waals surface area contributed by atoms with Crippen molar-refractivity contribution in [1.82, 2.24) is 9.78 Å². The lowest BCUT2D eigenvalue weighted by molar-refractivity contribution is -0.384. The molecule has 0 aromatic carbocycles. The second kappa shape index (κ2) is 5.48. The molecule has 0 saturated carbocycles. The number of aryl methyl sites for hydroxylation is 2. The number of aromatic nitrogens is 2. The van der Waals surface area contributed by atoms with Crippen LogP contribution in [0.25, 0.3) is 0 Å². The van der Waals surface area contributed by atoms with Gasteiger partial charge in [-0.1, -0.05) is 6.92 Å². The largest absolute Gasteiger partial charge is 0.481 e. The highest BCUT2D eigenvalue weighted by Crippen LogP contribution is 2.36. The second-order valence-corrected chi connectivity index (χ2v) is 4.94. The molecule has 0 bridgehead atoms. The highest BCUT2D eigenvalue weighted by Gasteiger charge is 2.36. The van der Waals surface area contributed by atoms with Crippen LogP contribution in [0.4, 0.5) is 11.5 Å². The van der Waals surface area contributed by atoms with Gasteiger partial charge < -0.3 is 10.0 Å². The topological polar surface area (TPSA) is 102 Å². The van der Waals surface area contributed by atoms with Crippen molar-refractivity contribution in [3.63, 3.8) is 0 Å². The number of aliphatic carboxylic acids is 1. The van der Waals surface area contributed by atoms with Gasteiger partial charge >= 0.3 is 11.7 Å². The van der Waals surface area contributed by atoms with E-state index >= 15 is 0 Å². The summed E-state index contributed by atoms with van der Waals surface area (Å²) in [6.07, 6.45) is 2.03. The molecule has 1 aliphatic heterocycles. The van der Waals surface area contributed by atoms with Crippen LogP contribution in [0.5, 0.6) is 0 Å². The first-order valence-electron chi connectivity index (χ1n) is 6.64. The third-order valence-electron chi connectivity index (χ3n) is 3.64. The molecule has 0 radical (unpaired) electrons. The summed E-state index contributed by atoms with van der Waals surface area (Å²) in [4.78, 5) is 23.6. The average molecular weight is 282 g/mol. The molecule has 0 spiro atoms. The highest BCUT2D eigenvalue weighted by molar-refractivity contribution is 5.70. The quantitative estimate of drug-likeness (QED) is 0.645. The lowest BCUT2D eigenvalue weighted by atomic mass is 10.1. The van der Waals surface area contributed by atoms with Gasteiger partial charge in [0.25, 0.3) is 0 Å². The number of hydrogen-bond donors (Lipinski definition) is 1. The number of hydrogen-bond acceptors (Lipinski definition) is 5. The van der Waals surface area contributed by atoms with Crippen molar-refractivity contribution >= 4 is 17.5 Å². The minimum Gasteiger partial charge on any atom is -0.481 e. The molecule has 20 heavy (non-hydrogen) atoms. The molecule has 2 rings (SSSR count). The van der Waals surface area contributed by atoms with Crippen LogP contribution in [0, 0.1) is 10.1 Å². The Morgan fingerprint density at radius 3 is 2.85 bits per heavy atom. The van der Waals surface area contributed by atoms with Crippen LogP contribution in [0.1, 0.15) is 31.9 Å². The van der Waals surface area contributed by atoms with Crippen LogP contribution in [0.3, 0.4) is 0 Å². The molecule has 1 aromatic rings. The number of nitro groups is 1. The summed E-state index contributed by atoms with van der Waals surface area (Å²) in [5.74, 6) is -0.460. The summed E-state index contributed by atoms with van der Waals surface area (Å²) in [5, 5.41) is 24.5. The molecule has 8 heteroatoms. The number of carbonyl (C=O) groups is 1. The van der Waals surface area contributed by atoms with E-state index in [4.69, 9.17) is 5.11 Å². The number of carboxylic acids is 1. The second-order valence-electron chi connectivity index (χ2n) is 4.94. The van der Waals surface area contributed by atoms with E-state index in [1.807, 2.05) is 11.8 Å². The minimum atomic E-state index is -0.887. The molecule has 1 atom stereocenters. The predicted molar refractivity (Wildman–Crippen MR) is 71.9 cm³/mol. The van der Waals surface area contributed by atoms with E-state index in [9.17, 15) is 14.9 Å². The van der Waals surface area contributed by atoms with Crippen molar-refractivity contribution in [2.24, 2.45) is 7.05 Å². The van der Waals surface area contributed by atoms with Crippen molar-refractivity contribution in [2.75, 3.05) is 11.4 Å². The zero-order valence-electron chi connectivity index (χ0n) is 11.6. The molecular formula is C12H18N4O4. The summed E-state index contributed by atoms with van der Waals surface area (Å²) < 4.78 is 1.50. The molecule has 1 unspecified atom stereocenters. The minimum absolute atomic E-state index is 0.00675. The maximum atomic E-state index is 11.3. The van der Waals surface area contributed by atoms with Gasteiger partial charge in [-0.05, 0) is 19.3 Å². The van der Waals surface area contributed by atoms with Crippen LogP contribution < -0.4 is 4.90 Å². The van der Waals surface area contributed by atoms with Crippen molar-refractivity contribution in [2.45, 2.75) is 38.6 Å². The fourth-order valence-electron chi connectivity index (χ4n) is 2.83. The Morgan fingerprint density at radius 1 is 1.60 bits per heavy atom. The molecule has 1 aromatic heterocycles. The van der Waals surface area contributed by atoms with Gasteiger partial charge in [0.1, 0.15) is 5.69 Å². The monoisotopic (exact) mass is 282 g/mol. The Labute approximate surface area is 116 Å². The van der Waals surface area contributed by atoms with E-state index in [0.717, 1.165) is 12.8 Å². The van der Waals surface area contributed by atoms with E-state index in [1.165, 1.54) is 4.68 Å². The summed E-state index contributed by atoms with van der Waals surface area (Å²) in [6, 6.07) is -0.202. The van der Waals surface area contributed by atoms with Gasteiger partial charge in [-0.15, -0.1) is 0 Å². The summed E-state index contributed by atoms with van der Waals surface area (Å²) in [7, 11) is 1.66. The Kier molecular flexibility index (Phi) is 3.91. The SMILES string of the molecule is CCc1nn(C)c(N2CCCC2CC(=O)O)c1[N+](=O)[O-]. The van der Waals surface area contributed by atoms with Crippen LogP contribution in [0.15, 0.2) is 0 Å². The van der Waals surface area contributed by atoms with Crippen LogP contribution >= 0.6 is 0 Å². The molecule has 110 valence electrons. The zero-order chi connectivity index (χ0) is 14.9. The Morgan fingerprint density at radius 2 is 2.30 bits per heavy atom. The van der Waals surface area contributed by atoms with E-state index in [1.54, 1.807) is 7.05 Å². The summed E-state index contributed by atoms with van der Waals surface area (Å²) in [6.45, 7) is 2.44.